The van der Waals surface area contributed by atoms with Crippen molar-refractivity contribution in [2.24, 2.45) is 0 Å². The van der Waals surface area contributed by atoms with Gasteiger partial charge >= 0.3 is 5.97 Å². The summed E-state index contributed by atoms with van der Waals surface area (Å²) in [7, 11) is 0. The molecule has 1 atom stereocenters. The van der Waals surface area contributed by atoms with Crippen LogP contribution < -0.4 is 5.32 Å². The molecule has 0 fully saturated rings. The fourth-order valence-corrected chi connectivity index (χ4v) is 3.44. The second-order valence-electron chi connectivity index (χ2n) is 5.45. The number of rotatable bonds is 5. The Morgan fingerprint density at radius 3 is 2.65 bits per heavy atom. The molecule has 0 spiro atoms. The highest BCUT2D eigenvalue weighted by Gasteiger charge is 2.20. The number of carbonyl (C=O) groups excluding carboxylic acids is 2. The minimum Gasteiger partial charge on any atom is -0.449 e. The van der Waals surface area contributed by atoms with E-state index in [9.17, 15) is 9.59 Å². The first kappa shape index (κ1) is 18.5. The molecule has 0 saturated heterocycles. The zero-order chi connectivity index (χ0) is 18.5. The van der Waals surface area contributed by atoms with Gasteiger partial charge in [-0.05, 0) is 47.7 Å². The number of nitrogens with zero attached hydrogens (tertiary/aromatic N) is 1. The molecule has 7 heteroatoms. The first-order valence-corrected chi connectivity index (χ1v) is 9.77. The van der Waals surface area contributed by atoms with Crippen LogP contribution in [0.4, 0.5) is 5.13 Å². The van der Waals surface area contributed by atoms with Gasteiger partial charge in [0, 0.05) is 14.5 Å². The number of aromatic nitrogens is 1. The summed E-state index contributed by atoms with van der Waals surface area (Å²) in [5.41, 5.74) is 2.17. The fourth-order valence-electron chi connectivity index (χ4n) is 2.18. The molecule has 3 rings (SSSR count). The molecule has 1 unspecified atom stereocenters. The van der Waals surface area contributed by atoms with E-state index in [1.54, 1.807) is 18.2 Å². The SMILES string of the molecule is CC(OC(=O)c1cccc(I)c1)C(=O)Nc1nc(-c2ccccc2)cs1. The van der Waals surface area contributed by atoms with E-state index in [4.69, 9.17) is 4.74 Å². The number of amides is 1. The van der Waals surface area contributed by atoms with E-state index >= 15 is 0 Å². The van der Waals surface area contributed by atoms with Crippen molar-refractivity contribution in [2.75, 3.05) is 5.32 Å². The lowest BCUT2D eigenvalue weighted by molar-refractivity contribution is -0.123. The third-order valence-corrected chi connectivity index (χ3v) is 4.95. The predicted molar refractivity (Wildman–Crippen MR) is 110 cm³/mol. The van der Waals surface area contributed by atoms with Crippen LogP contribution >= 0.6 is 33.9 Å². The Labute approximate surface area is 168 Å². The summed E-state index contributed by atoms with van der Waals surface area (Å²) in [6, 6.07) is 16.7. The summed E-state index contributed by atoms with van der Waals surface area (Å²) in [4.78, 5) is 28.8. The molecule has 0 aliphatic heterocycles. The standard InChI is InChI=1S/C19H15IN2O3S/c1-12(25-18(24)14-8-5-9-15(20)10-14)17(23)22-19-21-16(11-26-19)13-6-3-2-4-7-13/h2-12H,1H3,(H,21,22,23). The summed E-state index contributed by atoms with van der Waals surface area (Å²) in [5.74, 6) is -0.951. The third kappa shape index (κ3) is 4.67. The van der Waals surface area contributed by atoms with Crippen LogP contribution in [0.3, 0.4) is 0 Å². The van der Waals surface area contributed by atoms with Gasteiger partial charge in [-0.1, -0.05) is 36.4 Å². The molecule has 0 bridgehead atoms. The summed E-state index contributed by atoms with van der Waals surface area (Å²) in [5, 5.41) is 5.02. The van der Waals surface area contributed by atoms with Crippen molar-refractivity contribution in [3.8, 4) is 11.3 Å². The van der Waals surface area contributed by atoms with E-state index in [-0.39, 0.29) is 0 Å². The number of nitrogens with one attached hydrogen (secondary N) is 1. The molecule has 0 aliphatic rings. The van der Waals surface area contributed by atoms with Gasteiger partial charge in [0.25, 0.3) is 5.91 Å². The van der Waals surface area contributed by atoms with E-state index in [1.165, 1.54) is 18.3 Å². The molecule has 0 saturated carbocycles. The van der Waals surface area contributed by atoms with Crippen LogP contribution in [0.2, 0.25) is 0 Å². The van der Waals surface area contributed by atoms with Crippen molar-refractivity contribution in [3.05, 3.63) is 69.1 Å². The van der Waals surface area contributed by atoms with Crippen molar-refractivity contribution in [3.63, 3.8) is 0 Å². The monoisotopic (exact) mass is 478 g/mol. The largest absolute Gasteiger partial charge is 0.449 e. The number of hydrogen-bond acceptors (Lipinski definition) is 5. The van der Waals surface area contributed by atoms with Gasteiger partial charge in [-0.2, -0.15) is 0 Å². The fraction of sp³-hybridized carbons (Fsp3) is 0.105. The van der Waals surface area contributed by atoms with E-state index in [0.29, 0.717) is 10.7 Å². The van der Waals surface area contributed by atoms with Crippen LogP contribution in [0.25, 0.3) is 11.3 Å². The maximum atomic E-state index is 12.3. The number of esters is 1. The molecule has 2 aromatic carbocycles. The van der Waals surface area contributed by atoms with Gasteiger partial charge in [-0.15, -0.1) is 11.3 Å². The van der Waals surface area contributed by atoms with Gasteiger partial charge in [-0.25, -0.2) is 9.78 Å². The Bertz CT molecular complexity index is 927. The average Bonchev–Trinajstić information content (AvgIpc) is 3.11. The van der Waals surface area contributed by atoms with Crippen LogP contribution in [0.15, 0.2) is 60.0 Å². The van der Waals surface area contributed by atoms with Crippen LogP contribution in [0.5, 0.6) is 0 Å². The van der Waals surface area contributed by atoms with Crippen LogP contribution in [-0.2, 0) is 9.53 Å². The lowest BCUT2D eigenvalue weighted by Crippen LogP contribution is -2.30. The predicted octanol–water partition coefficient (Wildman–Crippen LogP) is 4.60. The second-order valence-corrected chi connectivity index (χ2v) is 7.55. The van der Waals surface area contributed by atoms with Crippen molar-refractivity contribution in [1.29, 1.82) is 0 Å². The van der Waals surface area contributed by atoms with Gasteiger partial charge in [0.15, 0.2) is 11.2 Å². The first-order valence-electron chi connectivity index (χ1n) is 7.81. The molecule has 0 radical (unpaired) electrons. The first-order chi connectivity index (χ1) is 12.5. The van der Waals surface area contributed by atoms with Crippen molar-refractivity contribution < 1.29 is 14.3 Å². The Kier molecular flexibility index (Phi) is 6.00. The number of hydrogen-bond donors (Lipinski definition) is 1. The molecule has 1 aromatic heterocycles. The molecule has 1 amide bonds. The zero-order valence-corrected chi connectivity index (χ0v) is 16.8. The lowest BCUT2D eigenvalue weighted by atomic mass is 10.2. The molecule has 26 heavy (non-hydrogen) atoms. The minimum absolute atomic E-state index is 0.414. The summed E-state index contributed by atoms with van der Waals surface area (Å²) in [6.45, 7) is 1.53. The second kappa shape index (κ2) is 8.41. The van der Waals surface area contributed by atoms with Gasteiger partial charge < -0.3 is 4.74 Å². The van der Waals surface area contributed by atoms with E-state index in [0.717, 1.165) is 14.8 Å². The van der Waals surface area contributed by atoms with E-state index < -0.39 is 18.0 Å². The van der Waals surface area contributed by atoms with Crippen LogP contribution in [0, 0.1) is 3.57 Å². The Balaban J connectivity index is 1.61. The van der Waals surface area contributed by atoms with Gasteiger partial charge in [-0.3, -0.25) is 10.1 Å². The molecule has 0 aliphatic carbocycles. The van der Waals surface area contributed by atoms with Crippen LogP contribution in [0.1, 0.15) is 17.3 Å². The highest BCUT2D eigenvalue weighted by atomic mass is 127. The molecular formula is C19H15IN2O3S. The topological polar surface area (TPSA) is 68.3 Å². The smallest absolute Gasteiger partial charge is 0.338 e. The Morgan fingerprint density at radius 2 is 1.92 bits per heavy atom. The van der Waals surface area contributed by atoms with Gasteiger partial charge in [0.1, 0.15) is 0 Å². The minimum atomic E-state index is -0.926. The van der Waals surface area contributed by atoms with Crippen molar-refractivity contribution in [2.45, 2.75) is 13.0 Å². The van der Waals surface area contributed by atoms with E-state index in [1.807, 2.05) is 41.8 Å². The Morgan fingerprint density at radius 1 is 1.15 bits per heavy atom. The molecule has 1 N–H and O–H groups in total. The average molecular weight is 478 g/mol. The maximum Gasteiger partial charge on any atom is 0.338 e. The number of halogens is 1. The number of carbonyl (C=O) groups is 2. The highest BCUT2D eigenvalue weighted by Crippen LogP contribution is 2.24. The van der Waals surface area contributed by atoms with Gasteiger partial charge in [0.05, 0.1) is 11.3 Å². The number of thiazole rings is 1. The highest BCUT2D eigenvalue weighted by molar-refractivity contribution is 14.1. The van der Waals surface area contributed by atoms with Crippen molar-refractivity contribution >= 4 is 50.9 Å². The lowest BCUT2D eigenvalue weighted by Gasteiger charge is -2.12. The number of anilines is 1. The van der Waals surface area contributed by atoms with Crippen molar-refractivity contribution in [1.82, 2.24) is 4.98 Å². The maximum absolute atomic E-state index is 12.3. The van der Waals surface area contributed by atoms with Gasteiger partial charge in [0.2, 0.25) is 0 Å². The molecule has 132 valence electrons. The molecule has 3 aromatic rings. The quantitative estimate of drug-likeness (QED) is 0.430. The molecular weight excluding hydrogens is 463 g/mol. The molecule has 5 nitrogen and oxygen atoms in total. The molecule has 1 heterocycles. The number of ether oxygens (including phenoxy) is 1. The van der Waals surface area contributed by atoms with Crippen LogP contribution in [-0.4, -0.2) is 23.0 Å². The zero-order valence-electron chi connectivity index (χ0n) is 13.8. The Hall–Kier alpha value is -2.26. The summed E-state index contributed by atoms with van der Waals surface area (Å²) >= 11 is 3.44. The summed E-state index contributed by atoms with van der Waals surface area (Å²) < 4.78 is 6.16. The third-order valence-electron chi connectivity index (χ3n) is 3.52. The normalized spacial score (nSPS) is 11.6. The summed E-state index contributed by atoms with van der Waals surface area (Å²) in [6.07, 6.45) is -0.926. The van der Waals surface area contributed by atoms with E-state index in [2.05, 4.69) is 32.9 Å². The number of benzene rings is 2.